The molecule has 0 aromatic heterocycles. The molecule has 0 saturated heterocycles. The van der Waals surface area contributed by atoms with Crippen LogP contribution in [0.2, 0.25) is 0 Å². The Morgan fingerprint density at radius 1 is 1.38 bits per heavy atom. The number of nitrogens with zero attached hydrogens (tertiary/aromatic N) is 1. The van der Waals surface area contributed by atoms with Crippen LogP contribution in [0.4, 0.5) is 0 Å². The molecule has 5 nitrogen and oxygen atoms in total. The molecular formula is C7H21N3NaO2+. The van der Waals surface area contributed by atoms with Gasteiger partial charge in [0.1, 0.15) is 0 Å². The van der Waals surface area contributed by atoms with Crippen molar-refractivity contribution in [1.29, 1.82) is 0 Å². The fourth-order valence-corrected chi connectivity index (χ4v) is 0.834. The summed E-state index contributed by atoms with van der Waals surface area (Å²) >= 11 is 0. The Kier molecular flexibility index (Phi) is 16.2. The van der Waals surface area contributed by atoms with Gasteiger partial charge >= 0.3 is 29.6 Å². The monoisotopic (exact) mass is 202 g/mol. The van der Waals surface area contributed by atoms with E-state index in [-0.39, 0.29) is 35.1 Å². The van der Waals surface area contributed by atoms with Crippen LogP contribution >= 0.6 is 0 Å². The van der Waals surface area contributed by atoms with Gasteiger partial charge in [0.2, 0.25) is 0 Å². The first-order valence-corrected chi connectivity index (χ1v) is 3.88. The van der Waals surface area contributed by atoms with Gasteiger partial charge in [-0.15, -0.1) is 10.6 Å². The normalized spacial score (nSPS) is 10.2. The largest absolute Gasteiger partial charge is 1.00 e. The summed E-state index contributed by atoms with van der Waals surface area (Å²) < 4.78 is 0. The van der Waals surface area contributed by atoms with Crippen LogP contribution in [0.3, 0.4) is 0 Å². The van der Waals surface area contributed by atoms with Crippen molar-refractivity contribution in [2.45, 2.75) is 33.2 Å². The Morgan fingerprint density at radius 2 is 1.77 bits per heavy atom. The molecule has 0 aliphatic rings. The first-order chi connectivity index (χ1) is 5.52. The molecule has 76 valence electrons. The van der Waals surface area contributed by atoms with Crippen molar-refractivity contribution in [2.75, 3.05) is 13.7 Å². The van der Waals surface area contributed by atoms with Gasteiger partial charge in [0.25, 0.3) is 0 Å². The average Bonchev–Trinajstić information content (AvgIpc) is 2.02. The fourth-order valence-electron chi connectivity index (χ4n) is 0.834. The van der Waals surface area contributed by atoms with Crippen LogP contribution in [0.1, 0.15) is 27.7 Å². The van der Waals surface area contributed by atoms with Crippen LogP contribution in [0, 0.1) is 5.21 Å². The van der Waals surface area contributed by atoms with Crippen LogP contribution < -0.4 is 41.0 Å². The number of quaternary nitrogens is 1. The molecule has 0 heterocycles. The minimum atomic E-state index is 0. The second-order valence-corrected chi connectivity index (χ2v) is 3.30. The molecule has 0 saturated carbocycles. The van der Waals surface area contributed by atoms with Crippen LogP contribution in [0.5, 0.6) is 0 Å². The van der Waals surface area contributed by atoms with Crippen molar-refractivity contribution in [3.8, 4) is 0 Å². The number of nitrogens with two attached hydrogens (primary N) is 2. The van der Waals surface area contributed by atoms with Crippen LogP contribution in [0.25, 0.3) is 0 Å². The topological polar surface area (TPSA) is 78.2 Å². The molecule has 0 amide bonds. The SMILES string of the molecule is CCN([NH2+]OC)C(C)(C)C.N[O-].[Na+]. The zero-order valence-electron chi connectivity index (χ0n) is 9.63. The van der Waals surface area contributed by atoms with E-state index in [2.05, 4.69) is 38.6 Å². The third-order valence-electron chi connectivity index (χ3n) is 1.43. The van der Waals surface area contributed by atoms with E-state index in [1.54, 1.807) is 12.7 Å². The van der Waals surface area contributed by atoms with E-state index in [1.165, 1.54) is 0 Å². The summed E-state index contributed by atoms with van der Waals surface area (Å²) in [6.45, 7) is 9.57. The maximum Gasteiger partial charge on any atom is 1.00 e. The maximum atomic E-state index is 7.75. The summed E-state index contributed by atoms with van der Waals surface area (Å²) in [6.07, 6.45) is 0. The van der Waals surface area contributed by atoms with Gasteiger partial charge < -0.3 is 11.1 Å². The summed E-state index contributed by atoms with van der Waals surface area (Å²) in [5.41, 5.74) is 1.94. The van der Waals surface area contributed by atoms with E-state index in [0.29, 0.717) is 0 Å². The Balaban J connectivity index is -0.000000309. The molecule has 0 bridgehead atoms. The van der Waals surface area contributed by atoms with Crippen molar-refractivity contribution >= 4 is 0 Å². The van der Waals surface area contributed by atoms with E-state index in [9.17, 15) is 0 Å². The standard InChI is InChI=1S/C7H18N2O.H2NO.Na/c1-6-9(8-10-5)7(2,3)4;1-2;/h8H,6H2,1-5H3;1H2;/q;-1;+1/p+1. The molecule has 6 heteroatoms. The maximum absolute atomic E-state index is 7.75. The Bertz CT molecular complexity index is 98.2. The minimum absolute atomic E-state index is 0. The number of hydrogen-bond acceptors (Lipinski definition) is 4. The van der Waals surface area contributed by atoms with Gasteiger partial charge in [-0.1, -0.05) is 0 Å². The van der Waals surface area contributed by atoms with E-state index < -0.39 is 0 Å². The summed E-state index contributed by atoms with van der Waals surface area (Å²) in [4.78, 5) is 4.92. The van der Waals surface area contributed by atoms with Gasteiger partial charge in [0.05, 0.1) is 12.6 Å². The predicted octanol–water partition coefficient (Wildman–Crippen LogP) is -3.41. The second kappa shape index (κ2) is 10.9. The van der Waals surface area contributed by atoms with E-state index in [4.69, 9.17) is 10.0 Å². The number of hydrogen-bond donors (Lipinski definition) is 2. The molecule has 0 aliphatic heterocycles. The van der Waals surface area contributed by atoms with Gasteiger partial charge in [0.15, 0.2) is 0 Å². The van der Waals surface area contributed by atoms with Crippen molar-refractivity contribution in [2.24, 2.45) is 5.90 Å². The Hall–Kier alpha value is 0.800. The van der Waals surface area contributed by atoms with Gasteiger partial charge in [0, 0.05) is 6.54 Å². The Morgan fingerprint density at radius 3 is 1.85 bits per heavy atom. The molecule has 0 aromatic rings. The summed E-state index contributed by atoms with van der Waals surface area (Å²) in [5, 5.41) is 9.90. The molecule has 0 fully saturated rings. The average molecular weight is 202 g/mol. The summed E-state index contributed by atoms with van der Waals surface area (Å²) in [6, 6.07) is 0. The van der Waals surface area contributed by atoms with Crippen LogP contribution in [0.15, 0.2) is 0 Å². The van der Waals surface area contributed by atoms with Crippen molar-refractivity contribution < 1.29 is 40.0 Å². The molecule has 0 radical (unpaired) electrons. The third kappa shape index (κ3) is 10.7. The first-order valence-electron chi connectivity index (χ1n) is 3.88. The molecule has 0 spiro atoms. The van der Waals surface area contributed by atoms with Crippen LogP contribution in [-0.4, -0.2) is 24.2 Å². The zero-order valence-corrected chi connectivity index (χ0v) is 11.6. The van der Waals surface area contributed by atoms with Crippen molar-refractivity contribution in [3.05, 3.63) is 5.21 Å². The van der Waals surface area contributed by atoms with E-state index >= 15 is 0 Å². The van der Waals surface area contributed by atoms with Crippen LogP contribution in [-0.2, 0) is 4.84 Å². The van der Waals surface area contributed by atoms with Crippen molar-refractivity contribution in [3.63, 3.8) is 0 Å². The molecular weight excluding hydrogens is 181 g/mol. The molecule has 4 N–H and O–H groups in total. The second-order valence-electron chi connectivity index (χ2n) is 3.30. The van der Waals surface area contributed by atoms with Gasteiger partial charge in [-0.2, -0.15) is 4.84 Å². The number of rotatable bonds is 3. The molecule has 0 aliphatic carbocycles. The fraction of sp³-hybridized carbons (Fsp3) is 1.00. The quantitative estimate of drug-likeness (QED) is 0.284. The first kappa shape index (κ1) is 19.4. The molecule has 0 rings (SSSR count). The summed E-state index contributed by atoms with van der Waals surface area (Å²) in [7, 11) is 1.68. The summed E-state index contributed by atoms with van der Waals surface area (Å²) in [5.74, 6) is 3.25. The Labute approximate surface area is 103 Å². The van der Waals surface area contributed by atoms with Gasteiger partial charge in [-0.05, 0) is 27.7 Å². The third-order valence-corrected chi connectivity index (χ3v) is 1.43. The van der Waals surface area contributed by atoms with Crippen molar-refractivity contribution in [1.82, 2.24) is 5.01 Å². The zero-order chi connectivity index (χ0) is 10.2. The molecule has 13 heavy (non-hydrogen) atoms. The van der Waals surface area contributed by atoms with E-state index in [1.807, 2.05) is 0 Å². The minimum Gasteiger partial charge on any atom is -0.790 e. The molecule has 0 aromatic carbocycles. The smallest absolute Gasteiger partial charge is 0.790 e. The predicted molar refractivity (Wildman–Crippen MR) is 48.6 cm³/mol. The molecule has 0 unspecified atom stereocenters. The van der Waals surface area contributed by atoms with Gasteiger partial charge in [-0.25, -0.2) is 0 Å². The molecule has 0 atom stereocenters. The van der Waals surface area contributed by atoms with Gasteiger partial charge in [-0.3, -0.25) is 0 Å². The van der Waals surface area contributed by atoms with E-state index in [0.717, 1.165) is 6.54 Å².